The number of aromatic nitrogens is 2. The Kier molecular flexibility index (Phi) is 5.29. The van der Waals surface area contributed by atoms with E-state index in [2.05, 4.69) is 4.98 Å². The molecule has 1 aromatic carbocycles. The summed E-state index contributed by atoms with van der Waals surface area (Å²) < 4.78 is 12.0. The van der Waals surface area contributed by atoms with Gasteiger partial charge in [0.05, 0.1) is 6.61 Å². The first-order chi connectivity index (χ1) is 11.0. The molecule has 0 fully saturated rings. The Morgan fingerprint density at radius 1 is 1.39 bits per heavy atom. The van der Waals surface area contributed by atoms with E-state index in [0.29, 0.717) is 23.7 Å². The first-order valence-corrected chi connectivity index (χ1v) is 7.10. The Labute approximate surface area is 132 Å². The highest BCUT2D eigenvalue weighted by atomic mass is 16.6. The van der Waals surface area contributed by atoms with Crippen LogP contribution in [0.15, 0.2) is 30.5 Å². The lowest BCUT2D eigenvalue weighted by Gasteiger charge is -2.09. The van der Waals surface area contributed by atoms with Gasteiger partial charge in [0.2, 0.25) is 0 Å². The molecule has 8 heteroatoms. The topological polar surface area (TPSA) is 96.5 Å². The van der Waals surface area contributed by atoms with Crippen molar-refractivity contribution in [2.45, 2.75) is 20.4 Å². The summed E-state index contributed by atoms with van der Waals surface area (Å²) in [6.07, 6.45) is 1.18. The molecule has 0 radical (unpaired) electrons. The first-order valence-electron chi connectivity index (χ1n) is 7.10. The number of nitro groups is 1. The number of hydrogen-bond donors (Lipinski definition) is 0. The Morgan fingerprint density at radius 3 is 2.83 bits per heavy atom. The van der Waals surface area contributed by atoms with Crippen LogP contribution in [0.3, 0.4) is 0 Å². The zero-order valence-electron chi connectivity index (χ0n) is 12.9. The molecule has 0 N–H and O–H groups in total. The third kappa shape index (κ3) is 3.85. The standard InChI is InChI=1S/C15H17N3O5/c1-3-22-13-7-5-4-6-12(13)15(19)23-9-8-17-11(2)16-10-14(17)18(20)21/h4-7,10H,3,8-9H2,1-2H3. The van der Waals surface area contributed by atoms with Crippen LogP contribution >= 0.6 is 0 Å². The maximum absolute atomic E-state index is 12.1. The summed E-state index contributed by atoms with van der Waals surface area (Å²) in [4.78, 5) is 26.4. The summed E-state index contributed by atoms with van der Waals surface area (Å²) >= 11 is 0. The van der Waals surface area contributed by atoms with Gasteiger partial charge < -0.3 is 19.6 Å². The van der Waals surface area contributed by atoms with E-state index in [-0.39, 0.29) is 19.0 Å². The van der Waals surface area contributed by atoms with E-state index in [1.807, 2.05) is 6.92 Å². The highest BCUT2D eigenvalue weighted by Gasteiger charge is 2.18. The SMILES string of the molecule is CCOc1ccccc1C(=O)OCCn1c([N+](=O)[O-])cnc1C. The van der Waals surface area contributed by atoms with Gasteiger partial charge in [0.1, 0.15) is 30.7 Å². The van der Waals surface area contributed by atoms with E-state index < -0.39 is 10.9 Å². The lowest BCUT2D eigenvalue weighted by molar-refractivity contribution is -0.392. The van der Waals surface area contributed by atoms with Crippen molar-refractivity contribution >= 4 is 11.8 Å². The monoisotopic (exact) mass is 319 g/mol. The largest absolute Gasteiger partial charge is 0.493 e. The normalized spacial score (nSPS) is 10.3. The number of aryl methyl sites for hydroxylation is 1. The molecule has 0 spiro atoms. The molecule has 1 heterocycles. The van der Waals surface area contributed by atoms with Gasteiger partial charge in [-0.2, -0.15) is 0 Å². The number of carbonyl (C=O) groups is 1. The second-order valence-electron chi connectivity index (χ2n) is 4.64. The van der Waals surface area contributed by atoms with Crippen molar-refractivity contribution in [1.29, 1.82) is 0 Å². The van der Waals surface area contributed by atoms with Crippen molar-refractivity contribution in [2.24, 2.45) is 0 Å². The smallest absolute Gasteiger partial charge is 0.342 e. The van der Waals surface area contributed by atoms with Gasteiger partial charge in [-0.3, -0.25) is 0 Å². The summed E-state index contributed by atoms with van der Waals surface area (Å²) in [7, 11) is 0. The van der Waals surface area contributed by atoms with Crippen molar-refractivity contribution in [3.63, 3.8) is 0 Å². The van der Waals surface area contributed by atoms with Gasteiger partial charge in [0.25, 0.3) is 0 Å². The number of hydrogen-bond acceptors (Lipinski definition) is 6. The fourth-order valence-corrected chi connectivity index (χ4v) is 2.10. The zero-order chi connectivity index (χ0) is 16.8. The molecular weight excluding hydrogens is 302 g/mol. The third-order valence-electron chi connectivity index (χ3n) is 3.18. The molecule has 0 saturated carbocycles. The molecule has 0 aliphatic rings. The lowest BCUT2D eigenvalue weighted by atomic mass is 10.2. The minimum atomic E-state index is -0.533. The van der Waals surface area contributed by atoms with Crippen LogP contribution in [-0.2, 0) is 11.3 Å². The van der Waals surface area contributed by atoms with E-state index in [0.717, 1.165) is 0 Å². The summed E-state index contributed by atoms with van der Waals surface area (Å²) in [6.45, 7) is 4.06. The first kappa shape index (κ1) is 16.5. The fourth-order valence-electron chi connectivity index (χ4n) is 2.10. The molecule has 2 aromatic rings. The summed E-state index contributed by atoms with van der Waals surface area (Å²) in [6, 6.07) is 6.77. The minimum absolute atomic E-state index is 0.00265. The van der Waals surface area contributed by atoms with Crippen LogP contribution in [-0.4, -0.2) is 33.7 Å². The molecule has 23 heavy (non-hydrogen) atoms. The van der Waals surface area contributed by atoms with Crippen molar-refractivity contribution < 1.29 is 19.2 Å². The van der Waals surface area contributed by atoms with Gasteiger partial charge in [0.15, 0.2) is 5.82 Å². The van der Waals surface area contributed by atoms with E-state index in [9.17, 15) is 14.9 Å². The molecule has 0 aliphatic heterocycles. The maximum Gasteiger partial charge on any atom is 0.342 e. The molecule has 0 saturated heterocycles. The second-order valence-corrected chi connectivity index (χ2v) is 4.64. The Bertz CT molecular complexity index is 711. The number of carbonyl (C=O) groups excluding carboxylic acids is 1. The van der Waals surface area contributed by atoms with Gasteiger partial charge >= 0.3 is 11.8 Å². The van der Waals surface area contributed by atoms with Crippen LogP contribution < -0.4 is 4.74 Å². The van der Waals surface area contributed by atoms with Crippen LogP contribution in [0.5, 0.6) is 5.75 Å². The molecule has 0 amide bonds. The summed E-state index contributed by atoms with van der Waals surface area (Å²) in [5, 5.41) is 10.9. The van der Waals surface area contributed by atoms with Gasteiger partial charge in [-0.15, -0.1) is 0 Å². The maximum atomic E-state index is 12.1. The average molecular weight is 319 g/mol. The molecule has 122 valence electrons. The van der Waals surface area contributed by atoms with Gasteiger partial charge in [-0.1, -0.05) is 12.1 Å². The zero-order valence-corrected chi connectivity index (χ0v) is 12.9. The Balaban J connectivity index is 2.01. The number of imidazole rings is 1. The van der Waals surface area contributed by atoms with E-state index in [1.54, 1.807) is 31.2 Å². The average Bonchev–Trinajstić information content (AvgIpc) is 2.89. The predicted molar refractivity (Wildman–Crippen MR) is 81.5 cm³/mol. The molecule has 1 aromatic heterocycles. The molecule has 0 unspecified atom stereocenters. The van der Waals surface area contributed by atoms with Crippen LogP contribution in [0, 0.1) is 17.0 Å². The quantitative estimate of drug-likeness (QED) is 0.441. The number of para-hydroxylation sites is 1. The molecule has 0 atom stereocenters. The summed E-state index contributed by atoms with van der Waals surface area (Å²) in [5.41, 5.74) is 0.325. The minimum Gasteiger partial charge on any atom is -0.493 e. The van der Waals surface area contributed by atoms with Gasteiger partial charge in [-0.05, 0) is 24.0 Å². The number of ether oxygens (including phenoxy) is 2. The number of benzene rings is 1. The highest BCUT2D eigenvalue weighted by molar-refractivity contribution is 5.92. The Morgan fingerprint density at radius 2 is 2.13 bits per heavy atom. The van der Waals surface area contributed by atoms with E-state index >= 15 is 0 Å². The Hall–Kier alpha value is -2.90. The lowest BCUT2D eigenvalue weighted by Crippen LogP contribution is -2.14. The second kappa shape index (κ2) is 7.39. The van der Waals surface area contributed by atoms with Crippen LogP contribution in [0.2, 0.25) is 0 Å². The predicted octanol–water partition coefficient (Wildman–Crippen LogP) is 2.36. The van der Waals surface area contributed by atoms with Crippen molar-refractivity contribution in [1.82, 2.24) is 9.55 Å². The molecular formula is C15H17N3O5. The van der Waals surface area contributed by atoms with E-state index in [1.165, 1.54) is 10.8 Å². The van der Waals surface area contributed by atoms with Crippen LogP contribution in [0.1, 0.15) is 23.1 Å². The van der Waals surface area contributed by atoms with E-state index in [4.69, 9.17) is 9.47 Å². The molecule has 2 rings (SSSR count). The highest BCUT2D eigenvalue weighted by Crippen LogP contribution is 2.19. The molecule has 0 aliphatic carbocycles. The number of nitrogens with zero attached hydrogens (tertiary/aromatic N) is 3. The fraction of sp³-hybridized carbons (Fsp3) is 0.333. The van der Waals surface area contributed by atoms with Crippen molar-refractivity contribution in [3.05, 3.63) is 52.0 Å². The van der Waals surface area contributed by atoms with Crippen molar-refractivity contribution in [3.8, 4) is 5.75 Å². The molecule has 0 bridgehead atoms. The summed E-state index contributed by atoms with van der Waals surface area (Å²) in [5.74, 6) is 0.273. The molecule has 8 nitrogen and oxygen atoms in total. The van der Waals surface area contributed by atoms with Gasteiger partial charge in [-0.25, -0.2) is 14.3 Å². The van der Waals surface area contributed by atoms with Crippen LogP contribution in [0.4, 0.5) is 5.82 Å². The number of esters is 1. The van der Waals surface area contributed by atoms with Crippen LogP contribution in [0.25, 0.3) is 0 Å². The number of rotatable bonds is 7. The third-order valence-corrected chi connectivity index (χ3v) is 3.18. The van der Waals surface area contributed by atoms with Crippen molar-refractivity contribution in [2.75, 3.05) is 13.2 Å². The van der Waals surface area contributed by atoms with Gasteiger partial charge in [0, 0.05) is 6.92 Å².